The Hall–Kier alpha value is -1.01. The van der Waals surface area contributed by atoms with Gasteiger partial charge in [0.25, 0.3) is 5.69 Å². The third kappa shape index (κ3) is 3.55. The summed E-state index contributed by atoms with van der Waals surface area (Å²) < 4.78 is 13.3. The quantitative estimate of drug-likeness (QED) is 0.657. The topological polar surface area (TPSA) is 55.2 Å². The first kappa shape index (κ1) is 15.4. The number of nitrogens with zero attached hydrogens (tertiary/aromatic N) is 1. The van der Waals surface area contributed by atoms with Crippen LogP contribution < -0.4 is 5.32 Å². The van der Waals surface area contributed by atoms with Crippen molar-refractivity contribution >= 4 is 34.7 Å². The van der Waals surface area contributed by atoms with Crippen LogP contribution in [0.15, 0.2) is 12.1 Å². The molecule has 0 bridgehead atoms. The van der Waals surface area contributed by atoms with Gasteiger partial charge in [0.15, 0.2) is 0 Å². The molecule has 1 aromatic carbocycles. The lowest BCUT2D eigenvalue weighted by Gasteiger charge is -2.29. The highest BCUT2D eigenvalue weighted by molar-refractivity contribution is 7.99. The van der Waals surface area contributed by atoms with E-state index in [9.17, 15) is 14.5 Å². The van der Waals surface area contributed by atoms with Crippen molar-refractivity contribution in [2.75, 3.05) is 11.6 Å². The Morgan fingerprint density at radius 3 is 2.90 bits per heavy atom. The third-order valence-electron chi connectivity index (χ3n) is 3.55. The van der Waals surface area contributed by atoms with Gasteiger partial charge in [0.2, 0.25) is 0 Å². The number of nitro groups is 1. The van der Waals surface area contributed by atoms with Crippen LogP contribution in [0, 0.1) is 15.9 Å². The zero-order chi connectivity index (χ0) is 14.7. The molecule has 4 nitrogen and oxygen atoms in total. The van der Waals surface area contributed by atoms with Crippen LogP contribution >= 0.6 is 23.4 Å². The van der Waals surface area contributed by atoms with Gasteiger partial charge in [-0.2, -0.15) is 11.8 Å². The van der Waals surface area contributed by atoms with Crippen molar-refractivity contribution in [3.8, 4) is 0 Å². The maximum Gasteiger partial charge on any atom is 0.295 e. The van der Waals surface area contributed by atoms with E-state index in [0.717, 1.165) is 25.3 Å². The lowest BCUT2D eigenvalue weighted by Crippen LogP contribution is -2.28. The third-order valence-corrected chi connectivity index (χ3v) is 4.94. The van der Waals surface area contributed by atoms with Crippen molar-refractivity contribution in [3.63, 3.8) is 0 Å². The zero-order valence-corrected chi connectivity index (χ0v) is 12.6. The molecule has 2 unspecified atom stereocenters. The van der Waals surface area contributed by atoms with Crippen molar-refractivity contribution < 1.29 is 9.31 Å². The highest BCUT2D eigenvalue weighted by Crippen LogP contribution is 2.34. The number of nitro benzene ring substituents is 1. The van der Waals surface area contributed by atoms with E-state index in [4.69, 9.17) is 11.6 Å². The number of thioether (sulfide) groups is 1. The average molecular weight is 319 g/mol. The van der Waals surface area contributed by atoms with Gasteiger partial charge in [0.05, 0.1) is 16.0 Å². The maximum atomic E-state index is 13.3. The molecular weight excluding hydrogens is 303 g/mol. The van der Waals surface area contributed by atoms with Gasteiger partial charge in [0, 0.05) is 11.3 Å². The van der Waals surface area contributed by atoms with Crippen molar-refractivity contribution in [2.45, 2.75) is 37.0 Å². The second-order valence-electron chi connectivity index (χ2n) is 4.91. The smallest absolute Gasteiger partial charge is 0.295 e. The molecule has 1 aromatic rings. The molecular formula is C13H16ClFN2O2S. The summed E-state index contributed by atoms with van der Waals surface area (Å²) in [6.45, 7) is 0. The second-order valence-corrected chi connectivity index (χ2v) is 6.45. The summed E-state index contributed by atoms with van der Waals surface area (Å²) in [5, 5.41) is 14.6. The minimum atomic E-state index is -0.769. The van der Waals surface area contributed by atoms with Gasteiger partial charge in [-0.1, -0.05) is 18.0 Å². The Balaban J connectivity index is 2.19. The molecule has 0 heterocycles. The van der Waals surface area contributed by atoms with Gasteiger partial charge in [-0.05, 0) is 31.6 Å². The van der Waals surface area contributed by atoms with Crippen molar-refractivity contribution in [1.82, 2.24) is 0 Å². The summed E-state index contributed by atoms with van der Waals surface area (Å²) in [5.74, 6) is -0.769. The van der Waals surface area contributed by atoms with Crippen LogP contribution in [0.4, 0.5) is 15.8 Å². The van der Waals surface area contributed by atoms with E-state index in [2.05, 4.69) is 11.6 Å². The molecule has 0 saturated heterocycles. The van der Waals surface area contributed by atoms with Crippen LogP contribution in [0.1, 0.15) is 25.7 Å². The summed E-state index contributed by atoms with van der Waals surface area (Å²) in [5.41, 5.74) is 0.0336. The summed E-state index contributed by atoms with van der Waals surface area (Å²) in [4.78, 5) is 10.4. The molecule has 0 amide bonds. The van der Waals surface area contributed by atoms with E-state index in [1.165, 1.54) is 12.5 Å². The number of benzene rings is 1. The van der Waals surface area contributed by atoms with Crippen LogP contribution in [-0.4, -0.2) is 22.5 Å². The lowest BCUT2D eigenvalue weighted by atomic mass is 9.94. The van der Waals surface area contributed by atoms with Crippen LogP contribution in [0.3, 0.4) is 0 Å². The number of hydrogen-bond donors (Lipinski definition) is 1. The van der Waals surface area contributed by atoms with E-state index in [-0.39, 0.29) is 16.8 Å². The van der Waals surface area contributed by atoms with Gasteiger partial charge < -0.3 is 5.32 Å². The predicted molar refractivity (Wildman–Crippen MR) is 81.2 cm³/mol. The van der Waals surface area contributed by atoms with Crippen LogP contribution in [0.2, 0.25) is 5.02 Å². The van der Waals surface area contributed by atoms with Crippen molar-refractivity contribution in [3.05, 3.63) is 33.1 Å². The second kappa shape index (κ2) is 6.63. The number of anilines is 1. The number of hydrogen-bond acceptors (Lipinski definition) is 4. The van der Waals surface area contributed by atoms with Crippen LogP contribution in [0.5, 0.6) is 0 Å². The van der Waals surface area contributed by atoms with E-state index >= 15 is 0 Å². The largest absolute Gasteiger partial charge is 0.377 e. The molecule has 20 heavy (non-hydrogen) atoms. The SMILES string of the molecule is CSC1CCCC(Nc2cc(Cl)c(F)cc2[N+](=O)[O-])C1. The van der Waals surface area contributed by atoms with Crippen molar-refractivity contribution in [1.29, 1.82) is 0 Å². The summed E-state index contributed by atoms with van der Waals surface area (Å²) in [7, 11) is 0. The van der Waals surface area contributed by atoms with Gasteiger partial charge in [0.1, 0.15) is 11.5 Å². The van der Waals surface area contributed by atoms with E-state index in [1.807, 2.05) is 11.8 Å². The van der Waals surface area contributed by atoms with Crippen molar-refractivity contribution in [2.24, 2.45) is 0 Å². The molecule has 1 saturated carbocycles. The Morgan fingerprint density at radius 2 is 2.25 bits per heavy atom. The molecule has 1 aliphatic carbocycles. The molecule has 0 aromatic heterocycles. The monoisotopic (exact) mass is 318 g/mol. The predicted octanol–water partition coefficient (Wildman–Crippen LogP) is 4.47. The molecule has 1 aliphatic rings. The van der Waals surface area contributed by atoms with Crippen LogP contribution in [-0.2, 0) is 0 Å². The first-order valence-corrected chi connectivity index (χ1v) is 8.10. The first-order valence-electron chi connectivity index (χ1n) is 6.44. The molecule has 1 fully saturated rings. The molecule has 0 radical (unpaired) electrons. The highest BCUT2D eigenvalue weighted by Gasteiger charge is 2.25. The molecule has 7 heteroatoms. The molecule has 0 aliphatic heterocycles. The highest BCUT2D eigenvalue weighted by atomic mass is 35.5. The van der Waals surface area contributed by atoms with Gasteiger partial charge in [-0.25, -0.2) is 4.39 Å². The van der Waals surface area contributed by atoms with Gasteiger partial charge in [-0.3, -0.25) is 10.1 Å². The summed E-state index contributed by atoms with van der Waals surface area (Å²) >= 11 is 7.54. The minimum Gasteiger partial charge on any atom is -0.377 e. The minimum absolute atomic E-state index is 0.102. The lowest BCUT2D eigenvalue weighted by molar-refractivity contribution is -0.384. The zero-order valence-electron chi connectivity index (χ0n) is 11.1. The first-order chi connectivity index (χ1) is 9.51. The molecule has 2 rings (SSSR count). The Bertz CT molecular complexity index is 515. The Kier molecular flexibility index (Phi) is 5.10. The fourth-order valence-electron chi connectivity index (χ4n) is 2.51. The van der Waals surface area contributed by atoms with Crippen LogP contribution in [0.25, 0.3) is 0 Å². The molecule has 0 spiro atoms. The van der Waals surface area contributed by atoms with E-state index < -0.39 is 10.7 Å². The summed E-state index contributed by atoms with van der Waals surface area (Å²) in [6.07, 6.45) is 6.25. The number of rotatable bonds is 4. The Morgan fingerprint density at radius 1 is 1.50 bits per heavy atom. The molecule has 110 valence electrons. The fraction of sp³-hybridized carbons (Fsp3) is 0.538. The number of nitrogens with one attached hydrogen (secondary N) is 1. The van der Waals surface area contributed by atoms with Gasteiger partial charge >= 0.3 is 0 Å². The molecule has 2 atom stereocenters. The fourth-order valence-corrected chi connectivity index (χ4v) is 3.50. The maximum absolute atomic E-state index is 13.3. The summed E-state index contributed by atoms with van der Waals surface area (Å²) in [6, 6.07) is 2.35. The average Bonchev–Trinajstić information content (AvgIpc) is 2.42. The molecule has 1 N–H and O–H groups in total. The van der Waals surface area contributed by atoms with E-state index in [0.29, 0.717) is 10.9 Å². The van der Waals surface area contributed by atoms with E-state index in [1.54, 1.807) is 0 Å². The van der Waals surface area contributed by atoms with Gasteiger partial charge in [-0.15, -0.1) is 0 Å². The number of halogens is 2. The standard InChI is InChI=1S/C13H16ClFN2O2S/c1-20-9-4-2-3-8(5-9)16-12-6-10(14)11(15)7-13(12)17(18)19/h6-9,16H,2-5H2,1H3. The normalized spacial score (nSPS) is 22.6. The Labute approximate surface area is 126 Å².